The minimum Gasteiger partial charge on any atom is -0.352 e. The Bertz CT molecular complexity index is 1410. The Balaban J connectivity index is 1.72. The van der Waals surface area contributed by atoms with Crippen LogP contribution in [0.5, 0.6) is 0 Å². The number of amides is 2. The zero-order valence-corrected chi connectivity index (χ0v) is 23.9. The fourth-order valence-electron chi connectivity index (χ4n) is 4.95. The van der Waals surface area contributed by atoms with Crippen LogP contribution in [0.1, 0.15) is 36.8 Å². The maximum absolute atomic E-state index is 14.0. The largest absolute Gasteiger partial charge is 0.352 e. The number of carbonyl (C=O) groups excluding carboxylic acids is 2. The molecule has 0 radical (unpaired) electrons. The van der Waals surface area contributed by atoms with Crippen LogP contribution in [0.4, 0.5) is 10.1 Å². The minimum absolute atomic E-state index is 0.0253. The Morgan fingerprint density at radius 2 is 1.65 bits per heavy atom. The Morgan fingerprint density at radius 1 is 0.975 bits per heavy atom. The van der Waals surface area contributed by atoms with E-state index in [1.807, 2.05) is 30.3 Å². The molecule has 0 aliphatic heterocycles. The van der Waals surface area contributed by atoms with Crippen molar-refractivity contribution < 1.29 is 22.4 Å². The van der Waals surface area contributed by atoms with Gasteiger partial charge in [-0.25, -0.2) is 12.8 Å². The molecular formula is C30H33ClFN3O4S. The molecule has 1 fully saturated rings. The number of nitrogens with zero attached hydrogens (tertiary/aromatic N) is 2. The average Bonchev–Trinajstić information content (AvgIpc) is 3.43. The lowest BCUT2D eigenvalue weighted by Gasteiger charge is -2.34. The van der Waals surface area contributed by atoms with E-state index in [1.165, 1.54) is 23.1 Å². The number of hydrogen-bond acceptors (Lipinski definition) is 4. The van der Waals surface area contributed by atoms with E-state index in [1.54, 1.807) is 24.3 Å². The maximum atomic E-state index is 14.0. The predicted octanol–water partition coefficient (Wildman–Crippen LogP) is 4.94. The summed E-state index contributed by atoms with van der Waals surface area (Å²) in [7, 11) is -3.96. The van der Waals surface area contributed by atoms with Gasteiger partial charge in [-0.1, -0.05) is 73.0 Å². The second kappa shape index (κ2) is 13.3. The van der Waals surface area contributed by atoms with Crippen LogP contribution >= 0.6 is 11.6 Å². The summed E-state index contributed by atoms with van der Waals surface area (Å²) in [5.74, 6) is -1.52. The molecule has 3 aromatic carbocycles. The van der Waals surface area contributed by atoms with Crippen molar-refractivity contribution in [1.29, 1.82) is 0 Å². The lowest BCUT2D eigenvalue weighted by atomic mass is 10.0. The number of carbonyl (C=O) groups is 2. The van der Waals surface area contributed by atoms with E-state index in [9.17, 15) is 22.4 Å². The quantitative estimate of drug-likeness (QED) is 0.345. The van der Waals surface area contributed by atoms with Crippen molar-refractivity contribution in [2.24, 2.45) is 0 Å². The van der Waals surface area contributed by atoms with Gasteiger partial charge in [0.2, 0.25) is 21.8 Å². The molecule has 10 heteroatoms. The number of rotatable bonds is 11. The molecule has 0 heterocycles. The Hall–Kier alpha value is -3.43. The van der Waals surface area contributed by atoms with Crippen molar-refractivity contribution in [2.45, 2.75) is 50.7 Å². The Labute approximate surface area is 240 Å². The Kier molecular flexibility index (Phi) is 9.81. The van der Waals surface area contributed by atoms with Crippen LogP contribution in [0, 0.1) is 5.82 Å². The van der Waals surface area contributed by atoms with E-state index >= 15 is 0 Å². The lowest BCUT2D eigenvalue weighted by Crippen LogP contribution is -2.54. The summed E-state index contributed by atoms with van der Waals surface area (Å²) in [5, 5.41) is 3.64. The fourth-order valence-corrected chi connectivity index (χ4v) is 5.92. The van der Waals surface area contributed by atoms with Gasteiger partial charge in [-0.05, 0) is 54.3 Å². The Morgan fingerprint density at radius 3 is 2.27 bits per heavy atom. The fraction of sp³-hybridized carbons (Fsp3) is 0.333. The van der Waals surface area contributed by atoms with Crippen LogP contribution in [0.15, 0.2) is 78.9 Å². The van der Waals surface area contributed by atoms with Gasteiger partial charge in [0.25, 0.3) is 0 Å². The first-order valence-corrected chi connectivity index (χ1v) is 15.4. The van der Waals surface area contributed by atoms with E-state index in [0.717, 1.165) is 53.4 Å². The number of halogens is 2. The summed E-state index contributed by atoms with van der Waals surface area (Å²) in [5.41, 5.74) is 1.60. The van der Waals surface area contributed by atoms with Crippen LogP contribution in [0.3, 0.4) is 0 Å². The molecule has 1 atom stereocenters. The summed E-state index contributed by atoms with van der Waals surface area (Å²) in [4.78, 5) is 29.2. The third-order valence-electron chi connectivity index (χ3n) is 7.01. The van der Waals surface area contributed by atoms with Gasteiger partial charge in [-0.15, -0.1) is 0 Å². The monoisotopic (exact) mass is 585 g/mol. The zero-order valence-electron chi connectivity index (χ0n) is 22.3. The van der Waals surface area contributed by atoms with Crippen molar-refractivity contribution >= 4 is 39.1 Å². The van der Waals surface area contributed by atoms with E-state index in [2.05, 4.69) is 5.32 Å². The number of nitrogens with one attached hydrogen (secondary N) is 1. The second-order valence-electron chi connectivity index (χ2n) is 10.1. The molecule has 2 amide bonds. The molecule has 1 N–H and O–H groups in total. The SMILES string of the molecule is CS(=O)(=O)N(CC(=O)N(Cc1ccc(Cl)cc1)[C@H](Cc1ccccc1)C(=O)NC1CCCC1)c1cccc(F)c1. The first-order chi connectivity index (χ1) is 19.1. The molecule has 1 saturated carbocycles. The topological polar surface area (TPSA) is 86.8 Å². The molecule has 0 bridgehead atoms. The van der Waals surface area contributed by atoms with Crippen molar-refractivity contribution in [1.82, 2.24) is 10.2 Å². The zero-order chi connectivity index (χ0) is 28.7. The van der Waals surface area contributed by atoms with Gasteiger partial charge < -0.3 is 10.2 Å². The number of sulfonamides is 1. The van der Waals surface area contributed by atoms with Crippen LogP contribution in [0.25, 0.3) is 0 Å². The third kappa shape index (κ3) is 8.05. The highest BCUT2D eigenvalue weighted by atomic mass is 35.5. The van der Waals surface area contributed by atoms with Gasteiger partial charge in [-0.3, -0.25) is 13.9 Å². The summed E-state index contributed by atoms with van der Waals surface area (Å²) in [6.07, 6.45) is 4.99. The highest BCUT2D eigenvalue weighted by Crippen LogP contribution is 2.23. The molecule has 1 aliphatic rings. The van der Waals surface area contributed by atoms with Gasteiger partial charge in [0.05, 0.1) is 11.9 Å². The van der Waals surface area contributed by atoms with Crippen molar-refractivity contribution in [3.05, 3.63) is 101 Å². The third-order valence-corrected chi connectivity index (χ3v) is 8.41. The lowest BCUT2D eigenvalue weighted by molar-refractivity contribution is -0.140. The van der Waals surface area contributed by atoms with Crippen molar-refractivity contribution in [3.63, 3.8) is 0 Å². The van der Waals surface area contributed by atoms with Gasteiger partial charge in [0.15, 0.2) is 0 Å². The highest BCUT2D eigenvalue weighted by Gasteiger charge is 2.34. The van der Waals surface area contributed by atoms with Crippen LogP contribution in [0.2, 0.25) is 5.02 Å². The predicted molar refractivity (Wildman–Crippen MR) is 155 cm³/mol. The molecule has 0 spiro atoms. The highest BCUT2D eigenvalue weighted by molar-refractivity contribution is 7.92. The van der Waals surface area contributed by atoms with Crippen molar-refractivity contribution in [2.75, 3.05) is 17.1 Å². The standard InChI is InChI=1S/C30H33ClFN3O4S/c1-40(38,39)35(27-13-7-10-25(32)19-27)21-29(36)34(20-23-14-16-24(31)17-15-23)28(18-22-8-3-2-4-9-22)30(37)33-26-11-5-6-12-26/h2-4,7-10,13-17,19,26,28H,5-6,11-12,18,20-21H2,1H3,(H,33,37)/t28-/m1/s1. The molecular weight excluding hydrogens is 553 g/mol. The first kappa shape index (κ1) is 29.6. The van der Waals surface area contributed by atoms with E-state index in [0.29, 0.717) is 5.02 Å². The second-order valence-corrected chi connectivity index (χ2v) is 12.4. The molecule has 40 heavy (non-hydrogen) atoms. The molecule has 3 aromatic rings. The van der Waals surface area contributed by atoms with Crippen molar-refractivity contribution in [3.8, 4) is 0 Å². The van der Waals surface area contributed by atoms with Crippen LogP contribution in [-0.4, -0.2) is 50.0 Å². The smallest absolute Gasteiger partial charge is 0.244 e. The molecule has 0 aromatic heterocycles. The number of anilines is 1. The summed E-state index contributed by atoms with van der Waals surface area (Å²) >= 11 is 6.08. The summed E-state index contributed by atoms with van der Waals surface area (Å²) in [6.45, 7) is -0.551. The minimum atomic E-state index is -3.96. The van der Waals surface area contributed by atoms with Crippen LogP contribution < -0.4 is 9.62 Å². The van der Waals surface area contributed by atoms with Crippen LogP contribution in [-0.2, 0) is 32.6 Å². The molecule has 7 nitrogen and oxygen atoms in total. The maximum Gasteiger partial charge on any atom is 0.244 e. The molecule has 4 rings (SSSR count). The van der Waals surface area contributed by atoms with Gasteiger partial charge in [-0.2, -0.15) is 0 Å². The number of hydrogen-bond donors (Lipinski definition) is 1. The van der Waals surface area contributed by atoms with E-state index < -0.39 is 34.3 Å². The van der Waals surface area contributed by atoms with E-state index in [4.69, 9.17) is 11.6 Å². The molecule has 212 valence electrons. The van der Waals surface area contributed by atoms with Gasteiger partial charge >= 0.3 is 0 Å². The van der Waals surface area contributed by atoms with Gasteiger partial charge in [0, 0.05) is 24.0 Å². The summed E-state index contributed by atoms with van der Waals surface area (Å²) < 4.78 is 40.4. The normalized spacial score (nSPS) is 14.5. The first-order valence-electron chi connectivity index (χ1n) is 13.2. The molecule has 0 unspecified atom stereocenters. The van der Waals surface area contributed by atoms with E-state index in [-0.39, 0.29) is 30.6 Å². The molecule has 0 saturated heterocycles. The number of benzene rings is 3. The average molecular weight is 586 g/mol. The summed E-state index contributed by atoms with van der Waals surface area (Å²) in [6, 6.07) is 20.5. The van der Waals surface area contributed by atoms with Gasteiger partial charge in [0.1, 0.15) is 18.4 Å². The molecule has 1 aliphatic carbocycles.